The summed E-state index contributed by atoms with van der Waals surface area (Å²) in [6, 6.07) is 9.36. The van der Waals surface area contributed by atoms with Gasteiger partial charge in [0, 0.05) is 23.6 Å². The zero-order valence-electron chi connectivity index (χ0n) is 9.86. The molecule has 3 rings (SSSR count). The predicted octanol–water partition coefficient (Wildman–Crippen LogP) is 2.67. The Morgan fingerprint density at radius 1 is 1.21 bits per heavy atom. The molecule has 94 valence electrons. The van der Waals surface area contributed by atoms with E-state index in [2.05, 4.69) is 31.0 Å². The van der Waals surface area contributed by atoms with Crippen LogP contribution in [0.15, 0.2) is 53.5 Å². The lowest BCUT2D eigenvalue weighted by molar-refractivity contribution is 0.874. The van der Waals surface area contributed by atoms with Gasteiger partial charge in [-0.25, -0.2) is 9.67 Å². The van der Waals surface area contributed by atoms with Crippen molar-refractivity contribution in [2.45, 2.75) is 0 Å². The van der Waals surface area contributed by atoms with Crippen LogP contribution in [0, 0.1) is 0 Å². The first kappa shape index (κ1) is 11.9. The molecule has 1 aromatic carbocycles. The topological polar surface area (TPSA) is 69.6 Å². The van der Waals surface area contributed by atoms with Crippen molar-refractivity contribution < 1.29 is 0 Å². The van der Waals surface area contributed by atoms with Crippen LogP contribution in [0.3, 0.4) is 0 Å². The van der Waals surface area contributed by atoms with E-state index in [9.17, 15) is 0 Å². The summed E-state index contributed by atoms with van der Waals surface area (Å²) in [6.07, 6.45) is 5.10. The van der Waals surface area contributed by atoms with Crippen molar-refractivity contribution >= 4 is 21.6 Å². The van der Waals surface area contributed by atoms with Gasteiger partial charge in [-0.05, 0) is 34.1 Å². The first-order valence-corrected chi connectivity index (χ1v) is 6.41. The van der Waals surface area contributed by atoms with Crippen LogP contribution in [-0.2, 0) is 0 Å². The van der Waals surface area contributed by atoms with Crippen molar-refractivity contribution in [3.63, 3.8) is 0 Å². The fourth-order valence-corrected chi connectivity index (χ4v) is 2.17. The second-order valence-electron chi connectivity index (χ2n) is 3.97. The summed E-state index contributed by atoms with van der Waals surface area (Å²) in [7, 11) is 0. The largest absolute Gasteiger partial charge is 0.399 e. The number of aromatic nitrogens is 4. The SMILES string of the molecule is Nc1cccc(-c2ncn(-c3ccncc3Br)n2)c1. The standard InChI is InChI=1S/C13H10BrN5/c14-11-7-16-5-4-12(11)19-8-17-13(18-19)9-2-1-3-10(15)6-9/h1-8H,15H2. The average molecular weight is 316 g/mol. The molecule has 0 spiro atoms. The Morgan fingerprint density at radius 2 is 2.11 bits per heavy atom. The number of rotatable bonds is 2. The Labute approximate surface area is 118 Å². The number of hydrogen-bond acceptors (Lipinski definition) is 4. The number of nitrogens with two attached hydrogens (primary N) is 1. The maximum atomic E-state index is 5.76. The molecule has 2 aromatic heterocycles. The van der Waals surface area contributed by atoms with E-state index in [0.717, 1.165) is 15.7 Å². The first-order valence-electron chi connectivity index (χ1n) is 5.61. The number of halogens is 1. The molecule has 0 saturated carbocycles. The summed E-state index contributed by atoms with van der Waals surface area (Å²) in [4.78, 5) is 8.32. The molecule has 2 heterocycles. The summed E-state index contributed by atoms with van der Waals surface area (Å²) in [5, 5.41) is 4.44. The Hall–Kier alpha value is -2.21. The Kier molecular flexibility index (Phi) is 3.00. The number of benzene rings is 1. The van der Waals surface area contributed by atoms with Crippen LogP contribution in [0.2, 0.25) is 0 Å². The quantitative estimate of drug-likeness (QED) is 0.738. The van der Waals surface area contributed by atoms with Crippen molar-refractivity contribution in [1.82, 2.24) is 19.7 Å². The summed E-state index contributed by atoms with van der Waals surface area (Å²) >= 11 is 3.44. The maximum Gasteiger partial charge on any atom is 0.181 e. The molecule has 0 amide bonds. The zero-order chi connectivity index (χ0) is 13.2. The lowest BCUT2D eigenvalue weighted by Gasteiger charge is -2.02. The van der Waals surface area contributed by atoms with Crippen molar-refractivity contribution in [1.29, 1.82) is 0 Å². The third-order valence-corrected chi connectivity index (χ3v) is 3.25. The third kappa shape index (κ3) is 2.34. The molecule has 0 atom stereocenters. The van der Waals surface area contributed by atoms with E-state index in [1.165, 1.54) is 0 Å². The molecule has 2 N–H and O–H groups in total. The van der Waals surface area contributed by atoms with E-state index < -0.39 is 0 Å². The van der Waals surface area contributed by atoms with Gasteiger partial charge in [-0.2, -0.15) is 0 Å². The van der Waals surface area contributed by atoms with Gasteiger partial charge in [0.1, 0.15) is 6.33 Å². The van der Waals surface area contributed by atoms with Gasteiger partial charge in [0.2, 0.25) is 0 Å². The molecule has 3 aromatic rings. The fraction of sp³-hybridized carbons (Fsp3) is 0. The molecule has 6 heteroatoms. The zero-order valence-corrected chi connectivity index (χ0v) is 11.4. The van der Waals surface area contributed by atoms with E-state index >= 15 is 0 Å². The molecule has 0 aliphatic heterocycles. The second-order valence-corrected chi connectivity index (χ2v) is 4.82. The molecule has 19 heavy (non-hydrogen) atoms. The third-order valence-electron chi connectivity index (χ3n) is 2.63. The van der Waals surface area contributed by atoms with Gasteiger partial charge >= 0.3 is 0 Å². The molecule has 0 fully saturated rings. The second kappa shape index (κ2) is 4.81. The van der Waals surface area contributed by atoms with Crippen LogP contribution in [-0.4, -0.2) is 19.7 Å². The number of pyridine rings is 1. The molecule has 0 bridgehead atoms. The summed E-state index contributed by atoms with van der Waals surface area (Å²) in [5.41, 5.74) is 8.23. The number of nitrogen functional groups attached to an aromatic ring is 1. The van der Waals surface area contributed by atoms with Gasteiger partial charge in [0.25, 0.3) is 0 Å². The molecule has 0 radical (unpaired) electrons. The maximum absolute atomic E-state index is 5.76. The molecule has 0 aliphatic carbocycles. The Morgan fingerprint density at radius 3 is 2.89 bits per heavy atom. The highest BCUT2D eigenvalue weighted by molar-refractivity contribution is 9.10. The van der Waals surface area contributed by atoms with Gasteiger partial charge in [-0.15, -0.1) is 5.10 Å². The van der Waals surface area contributed by atoms with Crippen LogP contribution in [0.25, 0.3) is 17.1 Å². The van der Waals surface area contributed by atoms with Gasteiger partial charge in [-0.3, -0.25) is 4.98 Å². The highest BCUT2D eigenvalue weighted by Crippen LogP contribution is 2.21. The summed E-state index contributed by atoms with van der Waals surface area (Å²) in [5.74, 6) is 0.635. The number of nitrogens with zero attached hydrogens (tertiary/aromatic N) is 4. The van der Waals surface area contributed by atoms with E-state index in [0.29, 0.717) is 11.5 Å². The molecule has 0 aliphatic rings. The van der Waals surface area contributed by atoms with Crippen LogP contribution in [0.4, 0.5) is 5.69 Å². The van der Waals surface area contributed by atoms with Crippen molar-refractivity contribution in [2.24, 2.45) is 0 Å². The van der Waals surface area contributed by atoms with E-state index in [-0.39, 0.29) is 0 Å². The lowest BCUT2D eigenvalue weighted by atomic mass is 10.2. The molecule has 0 saturated heterocycles. The van der Waals surface area contributed by atoms with Crippen molar-refractivity contribution in [3.05, 3.63) is 53.5 Å². The predicted molar refractivity (Wildman–Crippen MR) is 76.7 cm³/mol. The van der Waals surface area contributed by atoms with Crippen molar-refractivity contribution in [3.8, 4) is 17.1 Å². The van der Waals surface area contributed by atoms with Crippen molar-refractivity contribution in [2.75, 3.05) is 5.73 Å². The molecule has 0 unspecified atom stereocenters. The monoisotopic (exact) mass is 315 g/mol. The summed E-state index contributed by atoms with van der Waals surface area (Å²) < 4.78 is 2.56. The van der Waals surface area contributed by atoms with E-state index in [1.807, 2.05) is 30.3 Å². The Balaban J connectivity index is 2.03. The van der Waals surface area contributed by atoms with Crippen LogP contribution < -0.4 is 5.73 Å². The van der Waals surface area contributed by atoms with Gasteiger partial charge < -0.3 is 5.73 Å². The van der Waals surface area contributed by atoms with Gasteiger partial charge in [0.15, 0.2) is 5.82 Å². The molecular weight excluding hydrogens is 306 g/mol. The van der Waals surface area contributed by atoms with Crippen LogP contribution in [0.1, 0.15) is 0 Å². The normalized spacial score (nSPS) is 10.6. The smallest absolute Gasteiger partial charge is 0.181 e. The highest BCUT2D eigenvalue weighted by atomic mass is 79.9. The molecular formula is C13H10BrN5. The number of anilines is 1. The Bertz CT molecular complexity index is 722. The average Bonchev–Trinajstić information content (AvgIpc) is 2.89. The van der Waals surface area contributed by atoms with E-state index in [1.54, 1.807) is 23.4 Å². The minimum Gasteiger partial charge on any atom is -0.399 e. The van der Waals surface area contributed by atoms with Crippen LogP contribution >= 0.6 is 15.9 Å². The highest BCUT2D eigenvalue weighted by Gasteiger charge is 2.07. The van der Waals surface area contributed by atoms with E-state index in [4.69, 9.17) is 5.73 Å². The van der Waals surface area contributed by atoms with Crippen LogP contribution in [0.5, 0.6) is 0 Å². The fourth-order valence-electron chi connectivity index (χ4n) is 1.74. The first-order chi connectivity index (χ1) is 9.24. The van der Waals surface area contributed by atoms with Gasteiger partial charge in [0.05, 0.1) is 10.2 Å². The van der Waals surface area contributed by atoms with Gasteiger partial charge in [-0.1, -0.05) is 12.1 Å². The molecule has 5 nitrogen and oxygen atoms in total. The number of hydrogen-bond donors (Lipinski definition) is 1. The summed E-state index contributed by atoms with van der Waals surface area (Å²) in [6.45, 7) is 0. The minimum absolute atomic E-state index is 0.635. The lowest BCUT2D eigenvalue weighted by Crippen LogP contribution is -1.96. The minimum atomic E-state index is 0.635.